The van der Waals surface area contributed by atoms with Crippen LogP contribution in [0.25, 0.3) is 0 Å². The van der Waals surface area contributed by atoms with Crippen LogP contribution in [0.1, 0.15) is 43.2 Å². The molecule has 0 unspecified atom stereocenters. The highest BCUT2D eigenvalue weighted by Gasteiger charge is 1.98. The van der Waals surface area contributed by atoms with Crippen molar-refractivity contribution >= 4 is 6.21 Å². The molecule has 0 fully saturated rings. The van der Waals surface area contributed by atoms with Gasteiger partial charge in [-0.15, -0.1) is 0 Å². The molecular formula is C19H26N2. The summed E-state index contributed by atoms with van der Waals surface area (Å²) in [5.41, 5.74) is 2.62. The fourth-order valence-corrected chi connectivity index (χ4v) is 2.57. The van der Waals surface area contributed by atoms with Gasteiger partial charge < -0.3 is 4.90 Å². The summed E-state index contributed by atoms with van der Waals surface area (Å²) >= 11 is 0. The van der Waals surface area contributed by atoms with Gasteiger partial charge in [-0.3, -0.25) is 4.99 Å². The summed E-state index contributed by atoms with van der Waals surface area (Å²) in [6.45, 7) is 1.15. The van der Waals surface area contributed by atoms with Gasteiger partial charge in [-0.2, -0.15) is 0 Å². The Kier molecular flexibility index (Phi) is 6.79. The molecule has 0 saturated carbocycles. The van der Waals surface area contributed by atoms with E-state index in [1.807, 2.05) is 13.3 Å². The molecule has 0 amide bonds. The van der Waals surface area contributed by atoms with Crippen LogP contribution in [-0.4, -0.2) is 24.7 Å². The maximum atomic E-state index is 4.03. The van der Waals surface area contributed by atoms with Gasteiger partial charge in [0.1, 0.15) is 0 Å². The number of benzene rings is 1. The first kappa shape index (κ1) is 15.6. The largest absolute Gasteiger partial charge is 0.355 e. The monoisotopic (exact) mass is 282 g/mol. The molecule has 0 radical (unpaired) electrons. The van der Waals surface area contributed by atoms with E-state index < -0.39 is 0 Å². The van der Waals surface area contributed by atoms with E-state index in [1.54, 1.807) is 0 Å². The van der Waals surface area contributed by atoms with Crippen LogP contribution in [0.2, 0.25) is 0 Å². The summed E-state index contributed by atoms with van der Waals surface area (Å²) in [5.74, 6) is 0. The summed E-state index contributed by atoms with van der Waals surface area (Å²) in [5, 5.41) is 0. The van der Waals surface area contributed by atoms with Crippen molar-refractivity contribution in [1.29, 1.82) is 0 Å². The van der Waals surface area contributed by atoms with E-state index >= 15 is 0 Å². The van der Waals surface area contributed by atoms with Crippen molar-refractivity contribution in [3.05, 3.63) is 59.9 Å². The molecule has 0 aromatic heterocycles. The van der Waals surface area contributed by atoms with E-state index in [9.17, 15) is 0 Å². The lowest BCUT2D eigenvalue weighted by Gasteiger charge is -2.17. The Balaban J connectivity index is 1.56. The summed E-state index contributed by atoms with van der Waals surface area (Å²) < 4.78 is 0. The fraction of sp³-hybridized carbons (Fsp3) is 0.421. The van der Waals surface area contributed by atoms with Crippen molar-refractivity contribution in [2.75, 3.05) is 13.6 Å². The Labute approximate surface area is 128 Å². The Hall–Kier alpha value is -1.83. The van der Waals surface area contributed by atoms with Crippen LogP contribution in [0, 0.1) is 0 Å². The number of unbranched alkanes of at least 4 members (excludes halogenated alkanes) is 3. The van der Waals surface area contributed by atoms with E-state index in [2.05, 4.69) is 58.7 Å². The van der Waals surface area contributed by atoms with Gasteiger partial charge in [0.2, 0.25) is 0 Å². The Morgan fingerprint density at radius 3 is 2.43 bits per heavy atom. The van der Waals surface area contributed by atoms with Crippen molar-refractivity contribution in [3.8, 4) is 0 Å². The van der Waals surface area contributed by atoms with Gasteiger partial charge in [0.15, 0.2) is 0 Å². The van der Waals surface area contributed by atoms with Crippen LogP contribution >= 0.6 is 0 Å². The Morgan fingerprint density at radius 1 is 1.00 bits per heavy atom. The Morgan fingerprint density at radius 2 is 1.71 bits per heavy atom. The molecule has 21 heavy (non-hydrogen) atoms. The third kappa shape index (κ3) is 5.99. The topological polar surface area (TPSA) is 15.6 Å². The second-order valence-electron chi connectivity index (χ2n) is 5.54. The van der Waals surface area contributed by atoms with Gasteiger partial charge >= 0.3 is 0 Å². The molecule has 0 N–H and O–H groups in total. The summed E-state index contributed by atoms with van der Waals surface area (Å²) in [6.07, 6.45) is 18.2. The van der Waals surface area contributed by atoms with Crippen LogP contribution in [0.15, 0.2) is 53.8 Å². The number of aliphatic imine (C=N–C) groups is 1. The smallest absolute Gasteiger partial charge is 0.0281 e. The molecule has 2 nitrogen and oxygen atoms in total. The molecule has 0 spiro atoms. The summed E-state index contributed by atoms with van der Waals surface area (Å²) in [7, 11) is 1.81. The zero-order chi connectivity index (χ0) is 14.8. The van der Waals surface area contributed by atoms with Gasteiger partial charge in [0.05, 0.1) is 0 Å². The summed E-state index contributed by atoms with van der Waals surface area (Å²) in [4.78, 5) is 6.32. The van der Waals surface area contributed by atoms with E-state index in [4.69, 9.17) is 0 Å². The van der Waals surface area contributed by atoms with E-state index in [0.29, 0.717) is 0 Å². The highest BCUT2D eigenvalue weighted by Crippen LogP contribution is 2.10. The lowest BCUT2D eigenvalue weighted by molar-refractivity contribution is 0.463. The molecule has 0 saturated heterocycles. The molecule has 0 aliphatic carbocycles. The fourth-order valence-electron chi connectivity index (χ4n) is 2.57. The third-order valence-electron chi connectivity index (χ3n) is 3.76. The molecule has 112 valence electrons. The molecule has 1 heterocycles. The van der Waals surface area contributed by atoms with Crippen molar-refractivity contribution in [3.63, 3.8) is 0 Å². The number of aryl methyl sites for hydroxylation is 1. The van der Waals surface area contributed by atoms with Crippen LogP contribution in [0.5, 0.6) is 0 Å². The maximum Gasteiger partial charge on any atom is 0.0281 e. The minimum atomic E-state index is 1.08. The molecule has 0 bridgehead atoms. The van der Waals surface area contributed by atoms with Crippen LogP contribution in [-0.2, 0) is 6.42 Å². The molecule has 0 atom stereocenters. The highest BCUT2D eigenvalue weighted by molar-refractivity contribution is 5.79. The highest BCUT2D eigenvalue weighted by atomic mass is 15.1. The molecule has 1 aromatic carbocycles. The van der Waals surface area contributed by atoms with Crippen molar-refractivity contribution < 1.29 is 0 Å². The minimum absolute atomic E-state index is 1.08. The molecule has 1 aliphatic heterocycles. The molecular weight excluding hydrogens is 256 g/mol. The minimum Gasteiger partial charge on any atom is -0.355 e. The second kappa shape index (κ2) is 9.17. The average molecular weight is 282 g/mol. The first-order chi connectivity index (χ1) is 10.4. The van der Waals surface area contributed by atoms with Crippen molar-refractivity contribution in [2.24, 2.45) is 4.99 Å². The Bertz CT molecular complexity index is 471. The van der Waals surface area contributed by atoms with E-state index in [1.165, 1.54) is 43.2 Å². The average Bonchev–Trinajstić information content (AvgIpc) is 2.53. The van der Waals surface area contributed by atoms with Gasteiger partial charge in [-0.1, -0.05) is 49.3 Å². The SMILES string of the molecule is CN=Cc1ccc(CCCCCCN2C=CCC=C2)cc1. The first-order valence-corrected chi connectivity index (χ1v) is 7.98. The van der Waals surface area contributed by atoms with Crippen LogP contribution < -0.4 is 0 Å². The zero-order valence-corrected chi connectivity index (χ0v) is 13.0. The number of rotatable bonds is 8. The number of hydrogen-bond acceptors (Lipinski definition) is 2. The quantitative estimate of drug-likeness (QED) is 0.503. The molecule has 1 aliphatic rings. The van der Waals surface area contributed by atoms with Gasteiger partial charge in [0.25, 0.3) is 0 Å². The van der Waals surface area contributed by atoms with Gasteiger partial charge in [-0.05, 0) is 49.2 Å². The predicted molar refractivity (Wildman–Crippen MR) is 91.7 cm³/mol. The number of hydrogen-bond donors (Lipinski definition) is 0. The van der Waals surface area contributed by atoms with Gasteiger partial charge in [0, 0.05) is 19.8 Å². The van der Waals surface area contributed by atoms with Gasteiger partial charge in [-0.25, -0.2) is 0 Å². The zero-order valence-electron chi connectivity index (χ0n) is 13.0. The summed E-state index contributed by atoms with van der Waals surface area (Å²) in [6, 6.07) is 8.75. The second-order valence-corrected chi connectivity index (χ2v) is 5.54. The van der Waals surface area contributed by atoms with E-state index in [0.717, 1.165) is 13.0 Å². The first-order valence-electron chi connectivity index (χ1n) is 7.98. The van der Waals surface area contributed by atoms with Crippen molar-refractivity contribution in [2.45, 2.75) is 38.5 Å². The third-order valence-corrected chi connectivity index (χ3v) is 3.76. The normalized spacial score (nSPS) is 14.2. The molecule has 2 heteroatoms. The van der Waals surface area contributed by atoms with Crippen molar-refractivity contribution in [1.82, 2.24) is 4.90 Å². The predicted octanol–water partition coefficient (Wildman–Crippen LogP) is 4.57. The van der Waals surface area contributed by atoms with Crippen LogP contribution in [0.4, 0.5) is 0 Å². The molecule has 1 aromatic rings. The standard InChI is InChI=1S/C19H26N2/c1-20-17-19-12-10-18(11-13-19)9-5-2-3-6-14-21-15-7-4-8-16-21/h7-8,10-13,15-17H,2-6,9,14H2,1H3. The molecule has 2 rings (SSSR count). The maximum absolute atomic E-state index is 4.03. The number of nitrogens with zero attached hydrogens (tertiary/aromatic N) is 2. The van der Waals surface area contributed by atoms with Crippen LogP contribution in [0.3, 0.4) is 0 Å². The lowest BCUT2D eigenvalue weighted by Crippen LogP contribution is -2.12. The lowest BCUT2D eigenvalue weighted by atomic mass is 10.0. The number of allylic oxidation sites excluding steroid dienone is 2. The van der Waals surface area contributed by atoms with E-state index in [-0.39, 0.29) is 0 Å².